The predicted octanol–water partition coefficient (Wildman–Crippen LogP) is 2.46. The quantitative estimate of drug-likeness (QED) is 0.788. The van der Waals surface area contributed by atoms with E-state index in [1.165, 1.54) is 5.56 Å². The molecule has 1 rings (SSSR count). The number of carbonyl (C=O) groups is 1. The minimum absolute atomic E-state index is 0.184. The maximum Gasteiger partial charge on any atom is 0.313 e. The van der Waals surface area contributed by atoms with Gasteiger partial charge in [-0.15, -0.1) is 0 Å². The van der Waals surface area contributed by atoms with Crippen molar-refractivity contribution >= 4 is 5.97 Å². The first-order valence-corrected chi connectivity index (χ1v) is 6.50. The Labute approximate surface area is 109 Å². The van der Waals surface area contributed by atoms with Gasteiger partial charge in [0, 0.05) is 6.54 Å². The summed E-state index contributed by atoms with van der Waals surface area (Å²) in [6, 6.07) is 8.18. The standard InChI is InChI=1S/C15H23NO2/c1-4-15(11-16,14(17)18-5-2)10-13-8-6-7-12(3)9-13/h6-9H,4-5,10-11,16H2,1-3H3. The van der Waals surface area contributed by atoms with Crippen LogP contribution in [0.25, 0.3) is 0 Å². The van der Waals surface area contributed by atoms with Crippen molar-refractivity contribution in [2.75, 3.05) is 13.2 Å². The van der Waals surface area contributed by atoms with Crippen LogP contribution < -0.4 is 5.73 Å². The van der Waals surface area contributed by atoms with Crippen molar-refractivity contribution in [3.05, 3.63) is 35.4 Å². The van der Waals surface area contributed by atoms with Gasteiger partial charge in [0.15, 0.2) is 0 Å². The number of aryl methyl sites for hydroxylation is 1. The summed E-state index contributed by atoms with van der Waals surface area (Å²) in [6.45, 7) is 6.57. The lowest BCUT2D eigenvalue weighted by molar-refractivity contribution is -0.155. The zero-order valence-electron chi connectivity index (χ0n) is 11.5. The molecule has 0 aliphatic rings. The molecule has 0 heterocycles. The first-order valence-electron chi connectivity index (χ1n) is 6.50. The largest absolute Gasteiger partial charge is 0.466 e. The van der Waals surface area contributed by atoms with Gasteiger partial charge < -0.3 is 10.5 Å². The summed E-state index contributed by atoms with van der Waals surface area (Å²) < 4.78 is 5.17. The summed E-state index contributed by atoms with van der Waals surface area (Å²) in [5, 5.41) is 0. The SMILES string of the molecule is CCOC(=O)C(CC)(CN)Cc1cccc(C)c1. The van der Waals surface area contributed by atoms with E-state index in [2.05, 4.69) is 6.07 Å². The van der Waals surface area contributed by atoms with E-state index >= 15 is 0 Å². The van der Waals surface area contributed by atoms with E-state index in [9.17, 15) is 4.79 Å². The lowest BCUT2D eigenvalue weighted by Crippen LogP contribution is -2.41. The number of ether oxygens (including phenoxy) is 1. The van der Waals surface area contributed by atoms with Gasteiger partial charge in [-0.05, 0) is 32.3 Å². The average molecular weight is 249 g/mol. The second-order valence-corrected chi connectivity index (χ2v) is 4.72. The molecule has 0 aliphatic heterocycles. The monoisotopic (exact) mass is 249 g/mol. The van der Waals surface area contributed by atoms with Crippen LogP contribution in [0.3, 0.4) is 0 Å². The van der Waals surface area contributed by atoms with Gasteiger partial charge in [0.25, 0.3) is 0 Å². The zero-order valence-corrected chi connectivity index (χ0v) is 11.5. The van der Waals surface area contributed by atoms with Crippen molar-refractivity contribution in [3.8, 4) is 0 Å². The minimum Gasteiger partial charge on any atom is -0.466 e. The minimum atomic E-state index is -0.593. The van der Waals surface area contributed by atoms with Crippen LogP contribution in [-0.2, 0) is 16.0 Å². The number of hydrogen-bond donors (Lipinski definition) is 1. The molecule has 18 heavy (non-hydrogen) atoms. The van der Waals surface area contributed by atoms with E-state index in [1.54, 1.807) is 0 Å². The highest BCUT2D eigenvalue weighted by Gasteiger charge is 2.36. The van der Waals surface area contributed by atoms with Crippen molar-refractivity contribution < 1.29 is 9.53 Å². The Kier molecular flexibility index (Phi) is 5.35. The Morgan fingerprint density at radius 2 is 2.11 bits per heavy atom. The highest BCUT2D eigenvalue weighted by molar-refractivity contribution is 5.77. The molecule has 0 bridgehead atoms. The third-order valence-electron chi connectivity index (χ3n) is 3.40. The van der Waals surface area contributed by atoms with Gasteiger partial charge in [-0.1, -0.05) is 36.8 Å². The number of rotatable bonds is 6. The maximum atomic E-state index is 12.1. The van der Waals surface area contributed by atoms with Crippen molar-refractivity contribution in [3.63, 3.8) is 0 Å². The van der Waals surface area contributed by atoms with Crippen LogP contribution in [0.4, 0.5) is 0 Å². The Morgan fingerprint density at radius 3 is 2.61 bits per heavy atom. The summed E-state index contributed by atoms with van der Waals surface area (Å²) in [5.41, 5.74) is 7.57. The molecule has 0 aromatic heterocycles. The molecule has 1 aromatic carbocycles. The van der Waals surface area contributed by atoms with Crippen LogP contribution in [0.1, 0.15) is 31.4 Å². The lowest BCUT2D eigenvalue weighted by atomic mass is 9.79. The fourth-order valence-electron chi connectivity index (χ4n) is 2.14. The third-order valence-corrected chi connectivity index (χ3v) is 3.40. The molecule has 100 valence electrons. The molecule has 0 amide bonds. The van der Waals surface area contributed by atoms with Crippen LogP contribution in [-0.4, -0.2) is 19.1 Å². The van der Waals surface area contributed by atoms with Gasteiger partial charge >= 0.3 is 5.97 Å². The van der Waals surface area contributed by atoms with Gasteiger partial charge in [0.05, 0.1) is 12.0 Å². The Hall–Kier alpha value is -1.35. The van der Waals surface area contributed by atoms with E-state index in [1.807, 2.05) is 39.0 Å². The molecule has 3 nitrogen and oxygen atoms in total. The van der Waals surface area contributed by atoms with E-state index in [0.717, 1.165) is 5.56 Å². The first kappa shape index (κ1) is 14.7. The van der Waals surface area contributed by atoms with E-state index < -0.39 is 5.41 Å². The van der Waals surface area contributed by atoms with Crippen molar-refractivity contribution in [1.29, 1.82) is 0 Å². The van der Waals surface area contributed by atoms with E-state index in [0.29, 0.717) is 26.0 Å². The lowest BCUT2D eigenvalue weighted by Gasteiger charge is -2.29. The summed E-state index contributed by atoms with van der Waals surface area (Å²) in [4.78, 5) is 12.1. The Morgan fingerprint density at radius 1 is 1.39 bits per heavy atom. The molecule has 3 heteroatoms. The summed E-state index contributed by atoms with van der Waals surface area (Å²) in [7, 11) is 0. The van der Waals surface area contributed by atoms with Gasteiger partial charge in [0.1, 0.15) is 0 Å². The maximum absolute atomic E-state index is 12.1. The fraction of sp³-hybridized carbons (Fsp3) is 0.533. The number of esters is 1. The normalized spacial score (nSPS) is 14.0. The second-order valence-electron chi connectivity index (χ2n) is 4.72. The molecule has 0 aliphatic carbocycles. The molecular formula is C15H23NO2. The van der Waals surface area contributed by atoms with Crippen LogP contribution in [0.5, 0.6) is 0 Å². The Balaban J connectivity index is 2.95. The molecule has 0 saturated carbocycles. The van der Waals surface area contributed by atoms with Crippen molar-refractivity contribution in [2.45, 2.75) is 33.6 Å². The van der Waals surface area contributed by atoms with E-state index in [4.69, 9.17) is 10.5 Å². The Bertz CT molecular complexity index is 397. The van der Waals surface area contributed by atoms with Crippen molar-refractivity contribution in [2.24, 2.45) is 11.1 Å². The summed E-state index contributed by atoms with van der Waals surface area (Å²) >= 11 is 0. The molecule has 1 atom stereocenters. The smallest absolute Gasteiger partial charge is 0.313 e. The number of hydrogen-bond acceptors (Lipinski definition) is 3. The van der Waals surface area contributed by atoms with Gasteiger partial charge in [-0.3, -0.25) is 4.79 Å². The van der Waals surface area contributed by atoms with Crippen LogP contribution in [0.15, 0.2) is 24.3 Å². The third kappa shape index (κ3) is 3.33. The van der Waals surface area contributed by atoms with Crippen LogP contribution in [0.2, 0.25) is 0 Å². The molecule has 0 spiro atoms. The van der Waals surface area contributed by atoms with Crippen molar-refractivity contribution in [1.82, 2.24) is 0 Å². The summed E-state index contributed by atoms with van der Waals surface area (Å²) in [6.07, 6.45) is 1.33. The van der Waals surface area contributed by atoms with Gasteiger partial charge in [0.2, 0.25) is 0 Å². The highest BCUT2D eigenvalue weighted by atomic mass is 16.5. The highest BCUT2D eigenvalue weighted by Crippen LogP contribution is 2.28. The molecule has 0 radical (unpaired) electrons. The van der Waals surface area contributed by atoms with Crippen LogP contribution in [0, 0.1) is 12.3 Å². The van der Waals surface area contributed by atoms with E-state index in [-0.39, 0.29) is 5.97 Å². The molecule has 2 N–H and O–H groups in total. The zero-order chi connectivity index (χ0) is 13.6. The number of carbonyl (C=O) groups excluding carboxylic acids is 1. The molecular weight excluding hydrogens is 226 g/mol. The average Bonchev–Trinajstić information content (AvgIpc) is 2.36. The molecule has 1 unspecified atom stereocenters. The molecule has 0 saturated heterocycles. The summed E-state index contributed by atoms with van der Waals surface area (Å²) in [5.74, 6) is -0.184. The topological polar surface area (TPSA) is 52.3 Å². The number of benzene rings is 1. The predicted molar refractivity (Wildman–Crippen MR) is 73.3 cm³/mol. The van der Waals surface area contributed by atoms with Gasteiger partial charge in [-0.2, -0.15) is 0 Å². The van der Waals surface area contributed by atoms with Crippen LogP contribution >= 0.6 is 0 Å². The fourth-order valence-corrected chi connectivity index (χ4v) is 2.14. The van der Waals surface area contributed by atoms with Gasteiger partial charge in [-0.25, -0.2) is 0 Å². The first-order chi connectivity index (χ1) is 8.57. The molecule has 0 fully saturated rings. The molecule has 1 aromatic rings. The number of nitrogens with two attached hydrogens (primary N) is 1. The second kappa shape index (κ2) is 6.55.